The topological polar surface area (TPSA) is 63.1 Å². The van der Waals surface area contributed by atoms with E-state index in [2.05, 4.69) is 20.2 Å². The lowest BCUT2D eigenvalue weighted by atomic mass is 10.1. The van der Waals surface area contributed by atoms with Crippen LogP contribution >= 0.6 is 11.3 Å². The van der Waals surface area contributed by atoms with E-state index in [1.54, 1.807) is 24.0 Å². The monoisotopic (exact) mass is 345 g/mol. The van der Waals surface area contributed by atoms with Crippen LogP contribution in [0.2, 0.25) is 0 Å². The van der Waals surface area contributed by atoms with Crippen molar-refractivity contribution in [3.63, 3.8) is 0 Å². The van der Waals surface area contributed by atoms with Crippen molar-refractivity contribution in [3.8, 4) is 0 Å². The van der Waals surface area contributed by atoms with Crippen molar-refractivity contribution < 1.29 is 0 Å². The van der Waals surface area contributed by atoms with E-state index in [4.69, 9.17) is 0 Å². The Kier molecular flexibility index (Phi) is 4.37. The molecule has 1 aliphatic carbocycles. The van der Waals surface area contributed by atoms with Crippen LogP contribution in [0.5, 0.6) is 0 Å². The first kappa shape index (κ1) is 15.8. The van der Waals surface area contributed by atoms with Gasteiger partial charge < -0.3 is 14.8 Å². The molecular weight excluding hydrogens is 322 g/mol. The summed E-state index contributed by atoms with van der Waals surface area (Å²) in [5, 5.41) is 4.94. The molecule has 0 radical (unpaired) electrons. The Morgan fingerprint density at radius 1 is 1.33 bits per heavy atom. The molecule has 4 rings (SSSR count). The summed E-state index contributed by atoms with van der Waals surface area (Å²) in [6.45, 7) is 2.60. The lowest BCUT2D eigenvalue weighted by Crippen LogP contribution is -2.47. The number of rotatable bonds is 5. The molecule has 128 valence electrons. The zero-order valence-corrected chi connectivity index (χ0v) is 14.8. The summed E-state index contributed by atoms with van der Waals surface area (Å²) in [5.41, 5.74) is -0.0188. The normalized spacial score (nSPS) is 21.2. The van der Waals surface area contributed by atoms with E-state index < -0.39 is 0 Å². The lowest BCUT2D eigenvalue weighted by Gasteiger charge is -2.33. The second-order valence-corrected chi connectivity index (χ2v) is 7.92. The maximum Gasteiger partial charge on any atom is 0.293 e. The fourth-order valence-electron chi connectivity index (χ4n) is 3.21. The standard InChI is InChI=1S/C17H23N5OS/c1-21-8-6-18-15(17(21)23)22-7-2-3-13(11-22)19-9-14-10-20-16(24-14)12-4-5-12/h6,8,10,12-13,19H,2-5,7,9,11H2,1H3. The Hall–Kier alpha value is -1.73. The average Bonchev–Trinajstić information content (AvgIpc) is 3.34. The third kappa shape index (κ3) is 3.37. The molecule has 0 aromatic carbocycles. The van der Waals surface area contributed by atoms with Gasteiger partial charge in [0.1, 0.15) is 0 Å². The smallest absolute Gasteiger partial charge is 0.293 e. The molecule has 2 fully saturated rings. The van der Waals surface area contributed by atoms with E-state index in [-0.39, 0.29) is 5.56 Å². The van der Waals surface area contributed by atoms with Crippen LogP contribution in [-0.2, 0) is 13.6 Å². The summed E-state index contributed by atoms with van der Waals surface area (Å²) in [7, 11) is 1.77. The van der Waals surface area contributed by atoms with Crippen molar-refractivity contribution in [1.82, 2.24) is 19.9 Å². The molecule has 1 saturated heterocycles. The number of nitrogens with one attached hydrogen (secondary N) is 1. The third-order valence-corrected chi connectivity index (χ3v) is 5.94. The largest absolute Gasteiger partial charge is 0.350 e. The Balaban J connectivity index is 1.37. The minimum absolute atomic E-state index is 0.0188. The second kappa shape index (κ2) is 6.64. The fraction of sp³-hybridized carbons (Fsp3) is 0.588. The van der Waals surface area contributed by atoms with Gasteiger partial charge in [0, 0.05) is 62.1 Å². The summed E-state index contributed by atoms with van der Waals surface area (Å²) in [5.74, 6) is 1.30. The van der Waals surface area contributed by atoms with Gasteiger partial charge in [0.15, 0.2) is 5.82 Å². The molecule has 6 nitrogen and oxygen atoms in total. The summed E-state index contributed by atoms with van der Waals surface area (Å²) >= 11 is 1.84. The van der Waals surface area contributed by atoms with Gasteiger partial charge in [-0.25, -0.2) is 9.97 Å². The Labute approximate surface area is 145 Å². The van der Waals surface area contributed by atoms with Crippen LogP contribution in [0.25, 0.3) is 0 Å². The predicted octanol–water partition coefficient (Wildman–Crippen LogP) is 1.87. The van der Waals surface area contributed by atoms with Gasteiger partial charge in [-0.2, -0.15) is 0 Å². The molecule has 1 unspecified atom stereocenters. The molecule has 1 saturated carbocycles. The van der Waals surface area contributed by atoms with Gasteiger partial charge in [0.2, 0.25) is 0 Å². The quantitative estimate of drug-likeness (QED) is 0.896. The van der Waals surface area contributed by atoms with Gasteiger partial charge in [0.25, 0.3) is 5.56 Å². The maximum atomic E-state index is 12.3. The van der Waals surface area contributed by atoms with Crippen LogP contribution in [0.15, 0.2) is 23.4 Å². The van der Waals surface area contributed by atoms with Crippen molar-refractivity contribution in [2.45, 2.75) is 44.2 Å². The van der Waals surface area contributed by atoms with E-state index in [1.807, 2.05) is 17.5 Å². The highest BCUT2D eigenvalue weighted by molar-refractivity contribution is 7.11. The zero-order valence-electron chi connectivity index (χ0n) is 13.9. The van der Waals surface area contributed by atoms with Crippen molar-refractivity contribution in [2.75, 3.05) is 18.0 Å². The van der Waals surface area contributed by atoms with E-state index in [9.17, 15) is 4.79 Å². The van der Waals surface area contributed by atoms with Crippen LogP contribution in [-0.4, -0.2) is 33.7 Å². The van der Waals surface area contributed by atoms with E-state index in [0.29, 0.717) is 11.9 Å². The molecule has 2 aliphatic rings. The predicted molar refractivity (Wildman–Crippen MR) is 95.6 cm³/mol. The van der Waals surface area contributed by atoms with Crippen LogP contribution in [0.1, 0.15) is 41.5 Å². The highest BCUT2D eigenvalue weighted by Crippen LogP contribution is 2.41. The van der Waals surface area contributed by atoms with Gasteiger partial charge in [-0.3, -0.25) is 4.79 Å². The Morgan fingerprint density at radius 3 is 3.04 bits per heavy atom. The van der Waals surface area contributed by atoms with Crippen LogP contribution in [0.3, 0.4) is 0 Å². The van der Waals surface area contributed by atoms with Crippen molar-refractivity contribution >= 4 is 17.2 Å². The van der Waals surface area contributed by atoms with Crippen molar-refractivity contribution in [1.29, 1.82) is 0 Å². The average molecular weight is 345 g/mol. The lowest BCUT2D eigenvalue weighted by molar-refractivity contribution is 0.420. The minimum Gasteiger partial charge on any atom is -0.350 e. The van der Waals surface area contributed by atoms with Gasteiger partial charge in [-0.05, 0) is 25.7 Å². The summed E-state index contributed by atoms with van der Waals surface area (Å²) < 4.78 is 1.59. The first-order chi connectivity index (χ1) is 11.7. The summed E-state index contributed by atoms with van der Waals surface area (Å²) in [6, 6.07) is 0.386. The van der Waals surface area contributed by atoms with Crippen LogP contribution in [0.4, 0.5) is 5.82 Å². The molecule has 0 amide bonds. The summed E-state index contributed by atoms with van der Waals surface area (Å²) in [6.07, 6.45) is 10.2. The van der Waals surface area contributed by atoms with Gasteiger partial charge in [0.05, 0.1) is 5.01 Å². The molecule has 7 heteroatoms. The molecule has 1 aliphatic heterocycles. The molecular formula is C17H23N5OS. The number of hydrogen-bond donors (Lipinski definition) is 1. The van der Waals surface area contributed by atoms with E-state index in [0.717, 1.165) is 38.4 Å². The number of piperidine rings is 1. The second-order valence-electron chi connectivity index (χ2n) is 6.77. The number of aromatic nitrogens is 3. The SMILES string of the molecule is Cn1ccnc(N2CCCC(NCc3cnc(C4CC4)s3)C2)c1=O. The molecule has 3 heterocycles. The maximum absolute atomic E-state index is 12.3. The first-order valence-corrected chi connectivity index (χ1v) is 9.47. The number of nitrogens with zero attached hydrogens (tertiary/aromatic N) is 4. The van der Waals surface area contributed by atoms with Gasteiger partial charge >= 0.3 is 0 Å². The third-order valence-electron chi connectivity index (χ3n) is 4.78. The van der Waals surface area contributed by atoms with E-state index >= 15 is 0 Å². The van der Waals surface area contributed by atoms with Crippen LogP contribution < -0.4 is 15.8 Å². The number of aryl methyl sites for hydroxylation is 1. The highest BCUT2D eigenvalue weighted by Gasteiger charge is 2.27. The molecule has 0 spiro atoms. The molecule has 0 bridgehead atoms. The van der Waals surface area contributed by atoms with Gasteiger partial charge in [-0.1, -0.05) is 0 Å². The molecule has 1 atom stereocenters. The number of hydrogen-bond acceptors (Lipinski definition) is 6. The number of thiazole rings is 1. The molecule has 1 N–H and O–H groups in total. The minimum atomic E-state index is -0.0188. The Bertz CT molecular complexity index is 766. The summed E-state index contributed by atoms with van der Waals surface area (Å²) in [4.78, 5) is 24.5. The van der Waals surface area contributed by atoms with Gasteiger partial charge in [-0.15, -0.1) is 11.3 Å². The molecule has 24 heavy (non-hydrogen) atoms. The molecule has 2 aromatic heterocycles. The van der Waals surface area contributed by atoms with Crippen molar-refractivity contribution in [3.05, 3.63) is 38.8 Å². The van der Waals surface area contributed by atoms with E-state index in [1.165, 1.54) is 22.7 Å². The van der Waals surface area contributed by atoms with Crippen LogP contribution in [0, 0.1) is 0 Å². The Morgan fingerprint density at radius 2 is 2.21 bits per heavy atom. The molecule has 2 aromatic rings. The zero-order chi connectivity index (χ0) is 16.5. The highest BCUT2D eigenvalue weighted by atomic mass is 32.1. The van der Waals surface area contributed by atoms with Crippen molar-refractivity contribution in [2.24, 2.45) is 7.05 Å². The number of anilines is 1. The fourth-order valence-corrected chi connectivity index (χ4v) is 4.24. The first-order valence-electron chi connectivity index (χ1n) is 8.65.